The number of hydrogen-bond donors (Lipinski definition) is 2. The lowest BCUT2D eigenvalue weighted by atomic mass is 10.2. The van der Waals surface area contributed by atoms with Crippen molar-refractivity contribution in [3.63, 3.8) is 0 Å². The molecule has 0 fully saturated rings. The van der Waals surface area contributed by atoms with Crippen molar-refractivity contribution in [2.24, 2.45) is 5.73 Å². The van der Waals surface area contributed by atoms with Gasteiger partial charge in [-0.15, -0.1) is 0 Å². The summed E-state index contributed by atoms with van der Waals surface area (Å²) in [7, 11) is -4.72. The van der Waals surface area contributed by atoms with E-state index in [9.17, 15) is 27.9 Å². The Hall–Kier alpha value is -2.04. The largest absolute Gasteiger partial charge is 0.330 e. The van der Waals surface area contributed by atoms with Gasteiger partial charge in [0.05, 0.1) is 10.6 Å². The van der Waals surface area contributed by atoms with Gasteiger partial charge in [-0.05, 0) is 25.5 Å². The van der Waals surface area contributed by atoms with E-state index >= 15 is 0 Å². The van der Waals surface area contributed by atoms with Crippen LogP contribution in [0.25, 0.3) is 0 Å². The number of hydrogen-bond acceptors (Lipinski definition) is 6. The van der Waals surface area contributed by atoms with Crippen LogP contribution < -0.4 is 10.6 Å². The van der Waals surface area contributed by atoms with E-state index in [0.29, 0.717) is 19.4 Å². The van der Waals surface area contributed by atoms with E-state index in [2.05, 4.69) is 0 Å². The lowest BCUT2D eigenvalue weighted by Crippen LogP contribution is -2.31. The number of benzene rings is 1. The Morgan fingerprint density at radius 1 is 1.41 bits per heavy atom. The Bertz CT molecular complexity index is 673. The van der Waals surface area contributed by atoms with E-state index in [1.54, 1.807) is 0 Å². The fourth-order valence-corrected chi connectivity index (χ4v) is 2.62. The summed E-state index contributed by atoms with van der Waals surface area (Å²) in [5.41, 5.74) is 4.77. The molecule has 9 nitrogen and oxygen atoms in total. The standard InChI is InChI=1S/C12H17N3O6S/c1-9(16)14(7-3-2-6-13)11-5-4-10(15(17)18)8-12(11)22(19,20)21/h4-5,8H,2-3,6-7,13H2,1H3,(H,19,20,21). The second-order valence-corrected chi connectivity index (χ2v) is 5.94. The van der Waals surface area contributed by atoms with Crippen molar-refractivity contribution in [3.05, 3.63) is 28.3 Å². The zero-order valence-corrected chi connectivity index (χ0v) is 12.7. The van der Waals surface area contributed by atoms with Crippen molar-refractivity contribution in [1.82, 2.24) is 0 Å². The lowest BCUT2D eigenvalue weighted by Gasteiger charge is -2.22. The molecule has 0 saturated carbocycles. The molecule has 1 aromatic carbocycles. The van der Waals surface area contributed by atoms with E-state index in [1.165, 1.54) is 6.92 Å². The molecule has 0 atom stereocenters. The van der Waals surface area contributed by atoms with E-state index in [0.717, 1.165) is 23.1 Å². The number of rotatable bonds is 7. The molecule has 0 spiro atoms. The molecule has 10 heteroatoms. The van der Waals surface area contributed by atoms with Gasteiger partial charge in [-0.2, -0.15) is 8.42 Å². The van der Waals surface area contributed by atoms with Gasteiger partial charge in [0.25, 0.3) is 15.8 Å². The van der Waals surface area contributed by atoms with Crippen molar-refractivity contribution in [1.29, 1.82) is 0 Å². The summed E-state index contributed by atoms with van der Waals surface area (Å²) in [6.45, 7) is 1.83. The highest BCUT2D eigenvalue weighted by Crippen LogP contribution is 2.29. The van der Waals surface area contributed by atoms with Gasteiger partial charge in [-0.3, -0.25) is 19.5 Å². The van der Waals surface area contributed by atoms with Gasteiger partial charge in [0.2, 0.25) is 5.91 Å². The second-order valence-electron chi connectivity index (χ2n) is 4.55. The molecule has 122 valence electrons. The van der Waals surface area contributed by atoms with Gasteiger partial charge < -0.3 is 10.6 Å². The zero-order valence-electron chi connectivity index (χ0n) is 11.9. The van der Waals surface area contributed by atoms with E-state index < -0.39 is 31.5 Å². The van der Waals surface area contributed by atoms with Gasteiger partial charge in [-0.25, -0.2) is 0 Å². The molecule has 1 amide bonds. The van der Waals surface area contributed by atoms with Crippen LogP contribution in [-0.2, 0) is 14.9 Å². The summed E-state index contributed by atoms with van der Waals surface area (Å²) in [6, 6.07) is 2.93. The molecule has 0 aromatic heterocycles. The van der Waals surface area contributed by atoms with Crippen LogP contribution in [0.2, 0.25) is 0 Å². The monoisotopic (exact) mass is 331 g/mol. The molecule has 0 unspecified atom stereocenters. The van der Waals surface area contributed by atoms with Crippen molar-refractivity contribution in [2.75, 3.05) is 18.0 Å². The third kappa shape index (κ3) is 4.48. The quantitative estimate of drug-likeness (QED) is 0.327. The first kappa shape index (κ1) is 18.0. The van der Waals surface area contributed by atoms with Crippen molar-refractivity contribution in [3.8, 4) is 0 Å². The van der Waals surface area contributed by atoms with Gasteiger partial charge in [0.1, 0.15) is 4.90 Å². The number of anilines is 1. The topological polar surface area (TPSA) is 144 Å². The molecule has 0 aliphatic carbocycles. The van der Waals surface area contributed by atoms with Crippen molar-refractivity contribution >= 4 is 27.4 Å². The second kappa shape index (κ2) is 7.29. The Morgan fingerprint density at radius 2 is 2.05 bits per heavy atom. The van der Waals surface area contributed by atoms with E-state index in [1.807, 2.05) is 0 Å². The van der Waals surface area contributed by atoms with Crippen LogP contribution in [0.3, 0.4) is 0 Å². The summed E-state index contributed by atoms with van der Waals surface area (Å²) in [6.07, 6.45) is 1.15. The molecule has 3 N–H and O–H groups in total. The molecule has 0 radical (unpaired) electrons. The molecule has 0 aliphatic heterocycles. The number of nitrogens with two attached hydrogens (primary N) is 1. The smallest absolute Gasteiger partial charge is 0.296 e. The van der Waals surface area contributed by atoms with Crippen LogP contribution in [0.4, 0.5) is 11.4 Å². The van der Waals surface area contributed by atoms with Crippen molar-refractivity contribution < 1.29 is 22.7 Å². The van der Waals surface area contributed by atoms with E-state index in [4.69, 9.17) is 5.73 Å². The molecule has 22 heavy (non-hydrogen) atoms. The van der Waals surface area contributed by atoms with Crippen LogP contribution in [0, 0.1) is 10.1 Å². The normalized spacial score (nSPS) is 11.2. The summed E-state index contributed by atoms with van der Waals surface area (Å²) in [5, 5.41) is 10.7. The molecule has 1 aromatic rings. The summed E-state index contributed by atoms with van der Waals surface area (Å²) >= 11 is 0. The molecule has 1 rings (SSSR count). The molecule has 0 bridgehead atoms. The molecular weight excluding hydrogens is 314 g/mol. The molecule has 0 saturated heterocycles. The molecular formula is C12H17N3O6S. The van der Waals surface area contributed by atoms with Crippen molar-refractivity contribution in [2.45, 2.75) is 24.7 Å². The Kier molecular flexibility index (Phi) is 5.97. The van der Waals surface area contributed by atoms with Crippen LogP contribution >= 0.6 is 0 Å². The van der Waals surface area contributed by atoms with Crippen LogP contribution in [0.1, 0.15) is 19.8 Å². The molecule has 0 heterocycles. The summed E-state index contributed by atoms with van der Waals surface area (Å²) in [5.74, 6) is -0.448. The number of carbonyl (C=O) groups is 1. The maximum atomic E-state index is 11.7. The third-order valence-corrected chi connectivity index (χ3v) is 3.82. The number of nitro groups is 1. The Labute approximate surface area is 127 Å². The maximum Gasteiger partial charge on any atom is 0.296 e. The first-order valence-electron chi connectivity index (χ1n) is 6.42. The maximum absolute atomic E-state index is 11.7. The van der Waals surface area contributed by atoms with Gasteiger partial charge in [0.15, 0.2) is 0 Å². The summed E-state index contributed by atoms with van der Waals surface area (Å²) in [4.78, 5) is 22.1. The number of non-ortho nitro benzene ring substituents is 1. The number of unbranched alkanes of at least 4 members (excludes halogenated alkanes) is 1. The predicted octanol–water partition coefficient (Wildman–Crippen LogP) is 0.933. The van der Waals surface area contributed by atoms with Crippen LogP contribution in [0.5, 0.6) is 0 Å². The van der Waals surface area contributed by atoms with Crippen LogP contribution in [-0.4, -0.2) is 36.9 Å². The highest BCUT2D eigenvalue weighted by atomic mass is 32.2. The zero-order chi connectivity index (χ0) is 16.9. The first-order valence-corrected chi connectivity index (χ1v) is 7.86. The summed E-state index contributed by atoms with van der Waals surface area (Å²) < 4.78 is 32.2. The minimum Gasteiger partial charge on any atom is -0.330 e. The predicted molar refractivity (Wildman–Crippen MR) is 79.2 cm³/mol. The lowest BCUT2D eigenvalue weighted by molar-refractivity contribution is -0.385. The Morgan fingerprint density at radius 3 is 2.50 bits per heavy atom. The number of nitro benzene ring substituents is 1. The Balaban J connectivity index is 3.36. The minimum atomic E-state index is -4.72. The minimum absolute atomic E-state index is 0.0994. The molecule has 0 aliphatic rings. The number of amides is 1. The number of carbonyl (C=O) groups excluding carboxylic acids is 1. The number of nitrogens with zero attached hydrogens (tertiary/aromatic N) is 2. The fourth-order valence-electron chi connectivity index (χ4n) is 1.91. The van der Waals surface area contributed by atoms with Crippen LogP contribution in [0.15, 0.2) is 23.1 Å². The fraction of sp³-hybridized carbons (Fsp3) is 0.417. The highest BCUT2D eigenvalue weighted by Gasteiger charge is 2.25. The van der Waals surface area contributed by atoms with Gasteiger partial charge >= 0.3 is 0 Å². The van der Waals surface area contributed by atoms with Gasteiger partial charge in [0, 0.05) is 25.6 Å². The average Bonchev–Trinajstić information content (AvgIpc) is 2.41. The highest BCUT2D eigenvalue weighted by molar-refractivity contribution is 7.86. The first-order chi connectivity index (χ1) is 10.2. The average molecular weight is 331 g/mol. The SMILES string of the molecule is CC(=O)N(CCCCN)c1ccc([N+](=O)[O-])cc1S(=O)(=O)O. The third-order valence-electron chi connectivity index (χ3n) is 2.94. The van der Waals surface area contributed by atoms with Gasteiger partial charge in [-0.1, -0.05) is 0 Å². The van der Waals surface area contributed by atoms with E-state index in [-0.39, 0.29) is 12.2 Å².